The van der Waals surface area contributed by atoms with Crippen LogP contribution in [0.15, 0.2) is 27.7 Å². The number of hydrogen-bond donors (Lipinski definition) is 2. The number of aliphatic hydroxyl groups is 1. The molecular formula is C27H38BrNO2. The number of fused-ring (bicyclic) bond motifs is 5. The minimum absolute atomic E-state index is 0.0390. The van der Waals surface area contributed by atoms with Crippen LogP contribution in [0.4, 0.5) is 0 Å². The van der Waals surface area contributed by atoms with Gasteiger partial charge in [0.2, 0.25) is 0 Å². The van der Waals surface area contributed by atoms with Gasteiger partial charge in [-0.25, -0.2) is 0 Å². The Morgan fingerprint density at radius 1 is 1.03 bits per heavy atom. The highest BCUT2D eigenvalue weighted by atomic mass is 79.9. The van der Waals surface area contributed by atoms with Crippen LogP contribution in [0.5, 0.6) is 5.75 Å². The molecule has 4 fully saturated rings. The van der Waals surface area contributed by atoms with E-state index in [-0.39, 0.29) is 11.2 Å². The number of aliphatic imine (C=N–C) groups is 1. The van der Waals surface area contributed by atoms with Gasteiger partial charge in [0.15, 0.2) is 0 Å². The molecular weight excluding hydrogens is 450 g/mol. The van der Waals surface area contributed by atoms with E-state index in [1.165, 1.54) is 44.9 Å². The summed E-state index contributed by atoms with van der Waals surface area (Å²) in [6.45, 7) is 5.41. The predicted molar refractivity (Wildman–Crippen MR) is 130 cm³/mol. The average Bonchev–Trinajstić information content (AvgIpc) is 3.01. The fraction of sp³-hybridized carbons (Fsp3) is 0.741. The molecule has 0 radical (unpaired) electrons. The standard InChI is InChI=1S/C27H38BrNO2/c1-25-12-4-3-5-19(25)6-8-21-22(25)10-13-26(2)23(21)11-14-27(26,31)17-29-16-18-15-20(28)7-9-24(18)30/h7,9,15-16,19,21-23,30-31H,3-6,8,10-14,17H2,1-2H3/t19-,21-,22+,23-,25+,26+,27-/m1/s1. The average molecular weight is 489 g/mol. The zero-order valence-electron chi connectivity index (χ0n) is 19.1. The fourth-order valence-electron chi connectivity index (χ4n) is 8.59. The lowest BCUT2D eigenvalue weighted by Gasteiger charge is -2.61. The van der Waals surface area contributed by atoms with Crippen LogP contribution in [-0.2, 0) is 0 Å². The van der Waals surface area contributed by atoms with E-state index in [0.717, 1.165) is 41.5 Å². The summed E-state index contributed by atoms with van der Waals surface area (Å²) in [5.41, 5.74) is 0.470. The fourth-order valence-corrected chi connectivity index (χ4v) is 8.97. The van der Waals surface area contributed by atoms with Crippen LogP contribution < -0.4 is 0 Å². The lowest BCUT2D eigenvalue weighted by molar-refractivity contribution is -0.147. The second-order valence-electron chi connectivity index (χ2n) is 11.6. The van der Waals surface area contributed by atoms with E-state index in [1.807, 2.05) is 12.1 Å². The van der Waals surface area contributed by atoms with Crippen molar-refractivity contribution in [2.24, 2.45) is 39.5 Å². The van der Waals surface area contributed by atoms with E-state index in [2.05, 4.69) is 34.8 Å². The summed E-state index contributed by atoms with van der Waals surface area (Å²) in [4.78, 5) is 4.66. The van der Waals surface area contributed by atoms with Crippen LogP contribution in [0.3, 0.4) is 0 Å². The molecule has 0 unspecified atom stereocenters. The first-order chi connectivity index (χ1) is 14.8. The molecule has 4 aliphatic carbocycles. The number of nitrogens with zero attached hydrogens (tertiary/aromatic N) is 1. The Balaban J connectivity index is 1.35. The highest BCUT2D eigenvalue weighted by Gasteiger charge is 2.64. The molecule has 0 spiro atoms. The van der Waals surface area contributed by atoms with Crippen molar-refractivity contribution in [1.29, 1.82) is 0 Å². The Bertz CT molecular complexity index is 871. The van der Waals surface area contributed by atoms with Crippen molar-refractivity contribution >= 4 is 22.1 Å². The summed E-state index contributed by atoms with van der Waals surface area (Å²) >= 11 is 3.46. The van der Waals surface area contributed by atoms with Gasteiger partial charge in [-0.1, -0.05) is 42.6 Å². The summed E-state index contributed by atoms with van der Waals surface area (Å²) in [5.74, 6) is 3.44. The van der Waals surface area contributed by atoms with E-state index in [0.29, 0.717) is 23.4 Å². The lowest BCUT2D eigenvalue weighted by atomic mass is 9.44. The number of hydrogen-bond acceptors (Lipinski definition) is 3. The summed E-state index contributed by atoms with van der Waals surface area (Å²) in [5, 5.41) is 22.0. The smallest absolute Gasteiger partial charge is 0.124 e. The Labute approximate surface area is 195 Å². The lowest BCUT2D eigenvalue weighted by Crippen LogP contribution is -2.56. The van der Waals surface area contributed by atoms with E-state index in [1.54, 1.807) is 12.3 Å². The predicted octanol–water partition coefficient (Wildman–Crippen LogP) is 6.74. The molecule has 4 aliphatic rings. The monoisotopic (exact) mass is 487 g/mol. The highest BCUT2D eigenvalue weighted by molar-refractivity contribution is 9.10. The molecule has 1 aromatic rings. The highest BCUT2D eigenvalue weighted by Crippen LogP contribution is 2.68. The minimum atomic E-state index is -0.731. The maximum Gasteiger partial charge on any atom is 0.124 e. The molecule has 2 N–H and O–H groups in total. The first-order valence-electron chi connectivity index (χ1n) is 12.5. The second kappa shape index (κ2) is 7.87. The van der Waals surface area contributed by atoms with Crippen molar-refractivity contribution in [2.45, 2.75) is 83.7 Å². The van der Waals surface area contributed by atoms with Crippen molar-refractivity contribution in [2.75, 3.05) is 6.54 Å². The molecule has 7 atom stereocenters. The first-order valence-corrected chi connectivity index (χ1v) is 13.3. The molecule has 3 nitrogen and oxygen atoms in total. The first kappa shape index (κ1) is 21.9. The largest absolute Gasteiger partial charge is 0.507 e. The third-order valence-electron chi connectivity index (χ3n) is 10.5. The van der Waals surface area contributed by atoms with Gasteiger partial charge >= 0.3 is 0 Å². The van der Waals surface area contributed by atoms with Crippen LogP contribution in [0, 0.1) is 34.5 Å². The molecule has 4 heteroatoms. The third-order valence-corrected chi connectivity index (χ3v) is 11.0. The summed E-state index contributed by atoms with van der Waals surface area (Å²) in [6.07, 6.45) is 14.7. The quantitative estimate of drug-likeness (QED) is 0.463. The molecule has 0 heterocycles. The zero-order valence-corrected chi connectivity index (χ0v) is 20.7. The summed E-state index contributed by atoms with van der Waals surface area (Å²) < 4.78 is 0.920. The maximum atomic E-state index is 11.8. The summed E-state index contributed by atoms with van der Waals surface area (Å²) in [7, 11) is 0. The van der Waals surface area contributed by atoms with Gasteiger partial charge in [0, 0.05) is 21.7 Å². The Morgan fingerprint density at radius 2 is 1.84 bits per heavy atom. The molecule has 0 saturated heterocycles. The molecule has 31 heavy (non-hydrogen) atoms. The van der Waals surface area contributed by atoms with E-state index < -0.39 is 5.60 Å². The van der Waals surface area contributed by atoms with Gasteiger partial charge in [-0.2, -0.15) is 0 Å². The topological polar surface area (TPSA) is 52.8 Å². The van der Waals surface area contributed by atoms with Crippen molar-refractivity contribution in [1.82, 2.24) is 0 Å². The number of aromatic hydroxyl groups is 1. The van der Waals surface area contributed by atoms with Gasteiger partial charge in [-0.3, -0.25) is 4.99 Å². The number of phenols is 1. The van der Waals surface area contributed by atoms with Gasteiger partial charge in [-0.15, -0.1) is 0 Å². The number of benzene rings is 1. The molecule has 5 rings (SSSR count). The normalized spacial score (nSPS) is 44.6. The van der Waals surface area contributed by atoms with Crippen molar-refractivity contribution in [3.8, 4) is 5.75 Å². The van der Waals surface area contributed by atoms with E-state index in [4.69, 9.17) is 0 Å². The molecule has 0 aliphatic heterocycles. The Hall–Kier alpha value is -0.870. The second-order valence-corrected chi connectivity index (χ2v) is 12.5. The van der Waals surface area contributed by atoms with Gasteiger partial charge in [-0.05, 0) is 98.7 Å². The van der Waals surface area contributed by atoms with Crippen molar-refractivity contribution in [3.05, 3.63) is 28.2 Å². The maximum absolute atomic E-state index is 11.8. The SMILES string of the molecule is C[C@]12CCCC[C@@H]1CC[C@H]1[C@H]3CC[C@@](O)(CN=Cc4cc(Br)ccc4O)[C@@]3(C)CC[C@@H]12. The number of halogens is 1. The van der Waals surface area contributed by atoms with Crippen LogP contribution in [-0.4, -0.2) is 28.6 Å². The van der Waals surface area contributed by atoms with Crippen molar-refractivity contribution < 1.29 is 10.2 Å². The van der Waals surface area contributed by atoms with Crippen LogP contribution >= 0.6 is 15.9 Å². The molecule has 1 aromatic carbocycles. The zero-order chi connectivity index (χ0) is 21.9. The van der Waals surface area contributed by atoms with Gasteiger partial charge < -0.3 is 10.2 Å². The van der Waals surface area contributed by atoms with Crippen molar-refractivity contribution in [3.63, 3.8) is 0 Å². The molecule has 0 amide bonds. The van der Waals surface area contributed by atoms with Gasteiger partial charge in [0.1, 0.15) is 5.75 Å². The Morgan fingerprint density at radius 3 is 2.68 bits per heavy atom. The molecule has 4 saturated carbocycles. The van der Waals surface area contributed by atoms with E-state index >= 15 is 0 Å². The van der Waals surface area contributed by atoms with Crippen LogP contribution in [0.1, 0.15) is 83.6 Å². The van der Waals surface area contributed by atoms with Gasteiger partial charge in [0.25, 0.3) is 0 Å². The number of phenolic OH excluding ortho intramolecular Hbond substituents is 1. The molecule has 0 bridgehead atoms. The number of rotatable bonds is 3. The summed E-state index contributed by atoms with van der Waals surface area (Å²) in [6, 6.07) is 5.37. The van der Waals surface area contributed by atoms with Gasteiger partial charge in [0.05, 0.1) is 12.1 Å². The third kappa shape index (κ3) is 3.42. The van der Waals surface area contributed by atoms with E-state index in [9.17, 15) is 10.2 Å². The molecule has 170 valence electrons. The molecule has 0 aromatic heterocycles. The minimum Gasteiger partial charge on any atom is -0.507 e. The van der Waals surface area contributed by atoms with Crippen LogP contribution in [0.25, 0.3) is 0 Å². The Kier molecular flexibility index (Phi) is 5.57. The van der Waals surface area contributed by atoms with Crippen LogP contribution in [0.2, 0.25) is 0 Å².